The van der Waals surface area contributed by atoms with Gasteiger partial charge < -0.3 is 19.4 Å². The number of anilines is 1. The third-order valence-corrected chi connectivity index (χ3v) is 10.3. The van der Waals surface area contributed by atoms with E-state index in [1.165, 1.54) is 16.5 Å². The van der Waals surface area contributed by atoms with Crippen LogP contribution < -0.4 is 9.64 Å². The van der Waals surface area contributed by atoms with E-state index in [1.807, 2.05) is 24.1 Å². The van der Waals surface area contributed by atoms with E-state index in [-0.39, 0.29) is 43.5 Å². The lowest BCUT2D eigenvalue weighted by molar-refractivity contribution is -0.131. The van der Waals surface area contributed by atoms with Crippen LogP contribution in [0.5, 0.6) is 5.88 Å². The van der Waals surface area contributed by atoms with E-state index in [0.717, 1.165) is 48.4 Å². The van der Waals surface area contributed by atoms with Crippen molar-refractivity contribution in [2.24, 2.45) is 0 Å². The van der Waals surface area contributed by atoms with Crippen molar-refractivity contribution in [3.63, 3.8) is 0 Å². The van der Waals surface area contributed by atoms with Gasteiger partial charge >= 0.3 is 0 Å². The van der Waals surface area contributed by atoms with Gasteiger partial charge in [-0.15, -0.1) is 11.8 Å². The normalized spacial score (nSPS) is 20.0. The molecule has 6 rings (SSSR count). The minimum Gasteiger partial charge on any atom is -0.475 e. The maximum Gasteiger partial charge on any atom is 0.282 e. The number of rotatable bonds is 7. The Kier molecular flexibility index (Phi) is 8.93. The zero-order valence-corrected chi connectivity index (χ0v) is 26.0. The number of likely N-dealkylation sites (N-methyl/N-ethyl adjacent to an activating group) is 1. The monoisotopic (exact) mass is 628 g/mol. The summed E-state index contributed by atoms with van der Waals surface area (Å²) in [6, 6.07) is 13.0. The number of hydrogen-bond donors (Lipinski definition) is 0. The van der Waals surface area contributed by atoms with Gasteiger partial charge in [-0.2, -0.15) is 10.5 Å². The summed E-state index contributed by atoms with van der Waals surface area (Å²) in [6.45, 7) is 4.91. The topological polar surface area (TPSA) is 96.5 Å². The standard InChI is InChI=1S/C34H34F2N6O2S/c1-21(35)34(43)42-14-13-41(19-23(42)10-11-37)31-27-16-29(36)26(25-9-3-6-22-7-5-15-45-32(22)25)17-30(27)39-33(28(31)18-38)44-20-24-8-4-12-40(24)2/h3,6,9,16-17,23-24H,1,4-5,7-8,10,12-15,19-20H2,2H3/t23-,24-/m0/s1. The number of benzene rings is 2. The fourth-order valence-electron chi connectivity index (χ4n) is 6.71. The molecule has 3 aliphatic heterocycles. The minimum absolute atomic E-state index is 0.0485. The van der Waals surface area contributed by atoms with Crippen LogP contribution in [0, 0.1) is 28.5 Å². The number of nitriles is 2. The molecular weight excluding hydrogens is 594 g/mol. The number of pyridine rings is 1. The predicted molar refractivity (Wildman–Crippen MR) is 170 cm³/mol. The van der Waals surface area contributed by atoms with E-state index in [2.05, 4.69) is 29.7 Å². The van der Waals surface area contributed by atoms with E-state index in [4.69, 9.17) is 9.72 Å². The first kappa shape index (κ1) is 30.8. The molecule has 0 spiro atoms. The predicted octanol–water partition coefficient (Wildman–Crippen LogP) is 5.84. The average molecular weight is 629 g/mol. The second-order valence-electron chi connectivity index (χ2n) is 11.8. The summed E-state index contributed by atoms with van der Waals surface area (Å²) in [6.07, 6.45) is 4.00. The van der Waals surface area contributed by atoms with Gasteiger partial charge in [0.25, 0.3) is 5.91 Å². The van der Waals surface area contributed by atoms with Crippen LogP contribution in [-0.4, -0.2) is 78.4 Å². The first-order chi connectivity index (χ1) is 21.8. The Labute approximate surface area is 265 Å². The van der Waals surface area contributed by atoms with Gasteiger partial charge in [-0.1, -0.05) is 24.8 Å². The van der Waals surface area contributed by atoms with Crippen LogP contribution >= 0.6 is 11.8 Å². The average Bonchev–Trinajstić information content (AvgIpc) is 3.46. The molecule has 0 unspecified atom stereocenters. The smallest absolute Gasteiger partial charge is 0.282 e. The summed E-state index contributed by atoms with van der Waals surface area (Å²) in [5, 5.41) is 20.4. The molecule has 1 amide bonds. The number of thioether (sulfide) groups is 1. The number of piperazine rings is 1. The first-order valence-electron chi connectivity index (χ1n) is 15.2. The molecule has 2 atom stereocenters. The number of amides is 1. The number of aryl methyl sites for hydroxylation is 1. The third kappa shape index (κ3) is 5.95. The number of carbonyl (C=O) groups is 1. The largest absolute Gasteiger partial charge is 0.475 e. The number of fused-ring (bicyclic) bond motifs is 2. The number of aromatic nitrogens is 1. The van der Waals surface area contributed by atoms with Crippen LogP contribution in [0.15, 0.2) is 47.6 Å². The Morgan fingerprint density at radius 3 is 2.76 bits per heavy atom. The molecule has 232 valence electrons. The highest BCUT2D eigenvalue weighted by Gasteiger charge is 2.35. The van der Waals surface area contributed by atoms with Crippen molar-refractivity contribution in [3.8, 4) is 29.1 Å². The van der Waals surface area contributed by atoms with Crippen molar-refractivity contribution < 1.29 is 18.3 Å². The maximum atomic E-state index is 16.2. The van der Waals surface area contributed by atoms with E-state index in [1.54, 1.807) is 17.8 Å². The van der Waals surface area contributed by atoms with Crippen LogP contribution in [0.1, 0.15) is 36.8 Å². The Morgan fingerprint density at radius 2 is 2.02 bits per heavy atom. The van der Waals surface area contributed by atoms with Crippen molar-refractivity contribution in [2.75, 3.05) is 50.5 Å². The molecule has 0 aliphatic carbocycles. The molecule has 2 fully saturated rings. The van der Waals surface area contributed by atoms with Gasteiger partial charge in [-0.3, -0.25) is 4.79 Å². The number of carbonyl (C=O) groups excluding carboxylic acids is 1. The summed E-state index contributed by atoms with van der Waals surface area (Å²) in [5.74, 6) is -1.27. The Balaban J connectivity index is 1.48. The summed E-state index contributed by atoms with van der Waals surface area (Å²) in [5.41, 5.74) is 3.51. The summed E-state index contributed by atoms with van der Waals surface area (Å²) in [7, 11) is 2.04. The van der Waals surface area contributed by atoms with Gasteiger partial charge in [-0.05, 0) is 68.3 Å². The van der Waals surface area contributed by atoms with E-state index < -0.39 is 23.6 Å². The fraction of sp³-hybridized carbons (Fsp3) is 0.412. The van der Waals surface area contributed by atoms with Crippen molar-refractivity contribution in [2.45, 2.75) is 49.1 Å². The molecule has 0 bridgehead atoms. The second kappa shape index (κ2) is 13.0. The zero-order chi connectivity index (χ0) is 31.7. The fourth-order valence-corrected chi connectivity index (χ4v) is 7.89. The molecule has 1 aromatic heterocycles. The molecular formula is C34H34F2N6O2S. The number of nitrogens with zero attached hydrogens (tertiary/aromatic N) is 6. The second-order valence-corrected chi connectivity index (χ2v) is 12.9. The van der Waals surface area contributed by atoms with E-state index >= 15 is 4.39 Å². The highest BCUT2D eigenvalue weighted by Crippen LogP contribution is 2.43. The van der Waals surface area contributed by atoms with Gasteiger partial charge in [0.05, 0.1) is 29.7 Å². The van der Waals surface area contributed by atoms with Crippen molar-refractivity contribution in [3.05, 3.63) is 59.7 Å². The van der Waals surface area contributed by atoms with Crippen LogP contribution in [0.3, 0.4) is 0 Å². The quantitative estimate of drug-likeness (QED) is 0.301. The van der Waals surface area contributed by atoms with E-state index in [0.29, 0.717) is 28.8 Å². The van der Waals surface area contributed by atoms with Crippen LogP contribution in [0.4, 0.5) is 14.5 Å². The Morgan fingerprint density at radius 1 is 1.18 bits per heavy atom. The molecule has 8 nitrogen and oxygen atoms in total. The number of hydrogen-bond acceptors (Lipinski definition) is 8. The number of ether oxygens (including phenoxy) is 1. The summed E-state index contributed by atoms with van der Waals surface area (Å²) in [4.78, 5) is 23.8. The Hall–Kier alpha value is -4.19. The number of halogens is 2. The highest BCUT2D eigenvalue weighted by molar-refractivity contribution is 7.99. The molecule has 11 heteroatoms. The summed E-state index contributed by atoms with van der Waals surface area (Å²) >= 11 is 1.73. The molecule has 0 N–H and O–H groups in total. The lowest BCUT2D eigenvalue weighted by Gasteiger charge is -2.42. The Bertz CT molecular complexity index is 1750. The van der Waals surface area contributed by atoms with Crippen molar-refractivity contribution in [1.82, 2.24) is 14.8 Å². The van der Waals surface area contributed by atoms with Gasteiger partial charge in [0, 0.05) is 41.5 Å². The lowest BCUT2D eigenvalue weighted by atomic mass is 9.97. The van der Waals surface area contributed by atoms with Crippen molar-refractivity contribution >= 4 is 34.3 Å². The molecule has 0 saturated carbocycles. The molecule has 4 heterocycles. The number of likely N-dealkylation sites (tertiary alicyclic amines) is 1. The van der Waals surface area contributed by atoms with Crippen LogP contribution in [0.25, 0.3) is 22.0 Å². The third-order valence-electron chi connectivity index (χ3n) is 9.05. The van der Waals surface area contributed by atoms with Gasteiger partial charge in [0.15, 0.2) is 5.83 Å². The lowest BCUT2D eigenvalue weighted by Crippen LogP contribution is -2.55. The highest BCUT2D eigenvalue weighted by atomic mass is 32.2. The molecule has 3 aliphatic rings. The molecule has 2 saturated heterocycles. The first-order valence-corrected chi connectivity index (χ1v) is 16.2. The molecule has 2 aromatic carbocycles. The maximum absolute atomic E-state index is 16.2. The van der Waals surface area contributed by atoms with Gasteiger partial charge in [0.2, 0.25) is 5.88 Å². The zero-order valence-electron chi connectivity index (χ0n) is 25.2. The molecule has 0 radical (unpaired) electrons. The van der Waals surface area contributed by atoms with Crippen LogP contribution in [-0.2, 0) is 11.2 Å². The van der Waals surface area contributed by atoms with Crippen LogP contribution in [0.2, 0.25) is 0 Å². The van der Waals surface area contributed by atoms with Crippen molar-refractivity contribution in [1.29, 1.82) is 10.5 Å². The van der Waals surface area contributed by atoms with Gasteiger partial charge in [0.1, 0.15) is 24.1 Å². The summed E-state index contributed by atoms with van der Waals surface area (Å²) < 4.78 is 36.3. The SMILES string of the molecule is C=C(F)C(=O)N1CCN(c2c(C#N)c(OC[C@@H]3CCCN3C)nc3cc(-c4cccc5c4SCCC5)c(F)cc23)C[C@@H]1CC#N. The molecule has 45 heavy (non-hydrogen) atoms. The van der Waals surface area contributed by atoms with E-state index in [9.17, 15) is 19.7 Å². The minimum atomic E-state index is -1.10. The molecule has 3 aromatic rings. The van der Waals surface area contributed by atoms with Gasteiger partial charge in [-0.25, -0.2) is 13.8 Å².